The molecule has 0 aliphatic carbocycles. The smallest absolute Gasteiger partial charge is 0.260 e. The van der Waals surface area contributed by atoms with Crippen LogP contribution in [0.2, 0.25) is 5.02 Å². The Hall–Kier alpha value is -1.20. The lowest BCUT2D eigenvalue weighted by atomic mass is 10.2. The monoisotopic (exact) mass is 297 g/mol. The summed E-state index contributed by atoms with van der Waals surface area (Å²) in [4.78, 5) is 4.35. The van der Waals surface area contributed by atoms with Crippen LogP contribution in [-0.4, -0.2) is 14.9 Å². The number of nitrogens with two attached hydrogens (primary N) is 1. The van der Waals surface area contributed by atoms with Gasteiger partial charge in [0.1, 0.15) is 0 Å². The molecule has 4 nitrogen and oxygen atoms in total. The van der Waals surface area contributed by atoms with Crippen LogP contribution in [0.4, 0.5) is 5.69 Å². The Morgan fingerprint density at radius 3 is 2.74 bits per heavy atom. The van der Waals surface area contributed by atoms with Gasteiger partial charge in [-0.2, -0.15) is 4.98 Å². The maximum atomic E-state index is 5.89. The third-order valence-electron chi connectivity index (χ3n) is 2.35. The highest BCUT2D eigenvalue weighted by Crippen LogP contribution is 2.29. The lowest BCUT2D eigenvalue weighted by Crippen LogP contribution is -2.07. The molecule has 0 amide bonds. The Morgan fingerprint density at radius 2 is 2.11 bits per heavy atom. The fourth-order valence-electron chi connectivity index (χ4n) is 1.43. The Balaban J connectivity index is 2.16. The average molecular weight is 298 g/mol. The first-order chi connectivity index (χ1) is 8.85. The molecule has 0 unspecified atom stereocenters. The Bertz CT molecular complexity index is 578. The zero-order chi connectivity index (χ0) is 14.0. The Kier molecular flexibility index (Phi) is 4.06. The van der Waals surface area contributed by atoms with E-state index in [9.17, 15) is 0 Å². The molecule has 0 radical (unpaired) electrons. The number of aromatic nitrogens is 2. The first-order valence-electron chi connectivity index (χ1n) is 5.87. The van der Waals surface area contributed by atoms with E-state index in [1.54, 1.807) is 30.0 Å². The highest BCUT2D eigenvalue weighted by atomic mass is 35.5. The first kappa shape index (κ1) is 14.2. The summed E-state index contributed by atoms with van der Waals surface area (Å²) < 4.78 is 5.41. The first-order valence-corrected chi connectivity index (χ1v) is 7.23. The Morgan fingerprint density at radius 1 is 1.37 bits per heavy atom. The van der Waals surface area contributed by atoms with Crippen molar-refractivity contribution >= 4 is 29.1 Å². The van der Waals surface area contributed by atoms with Gasteiger partial charge in [-0.3, -0.25) is 0 Å². The summed E-state index contributed by atoms with van der Waals surface area (Å²) in [6, 6.07) is 5.21. The quantitative estimate of drug-likeness (QED) is 0.867. The summed E-state index contributed by atoms with van der Waals surface area (Å²) in [7, 11) is 0. The van der Waals surface area contributed by atoms with Crippen molar-refractivity contribution in [1.29, 1.82) is 0 Å². The van der Waals surface area contributed by atoms with Gasteiger partial charge >= 0.3 is 0 Å². The topological polar surface area (TPSA) is 64.9 Å². The molecule has 0 atom stereocenters. The van der Waals surface area contributed by atoms with Crippen LogP contribution in [0.25, 0.3) is 11.5 Å². The molecule has 0 fully saturated rings. The van der Waals surface area contributed by atoms with Crippen molar-refractivity contribution in [2.24, 2.45) is 0 Å². The minimum absolute atomic E-state index is 0.167. The summed E-state index contributed by atoms with van der Waals surface area (Å²) in [5, 5.41) is 4.55. The second-order valence-electron chi connectivity index (χ2n) is 5.15. The minimum Gasteiger partial charge on any atom is -0.398 e. The van der Waals surface area contributed by atoms with Gasteiger partial charge in [-0.05, 0) is 18.2 Å². The van der Waals surface area contributed by atoms with E-state index in [0.717, 1.165) is 0 Å². The number of hydrogen-bond acceptors (Lipinski definition) is 5. The minimum atomic E-state index is 0.167. The highest BCUT2D eigenvalue weighted by molar-refractivity contribution is 7.99. The van der Waals surface area contributed by atoms with Gasteiger partial charge in [0.2, 0.25) is 0 Å². The van der Waals surface area contributed by atoms with Gasteiger partial charge in [0.15, 0.2) is 5.82 Å². The Labute approximate surface area is 121 Å². The molecule has 0 saturated carbocycles. The van der Waals surface area contributed by atoms with Crippen molar-refractivity contribution in [3.8, 4) is 11.5 Å². The zero-order valence-electron chi connectivity index (χ0n) is 11.1. The van der Waals surface area contributed by atoms with Gasteiger partial charge in [0.25, 0.3) is 5.89 Å². The summed E-state index contributed by atoms with van der Waals surface area (Å²) in [6.45, 7) is 6.45. The molecule has 1 heterocycles. The summed E-state index contributed by atoms with van der Waals surface area (Å²) in [6.07, 6.45) is 0. The molecular weight excluding hydrogens is 282 g/mol. The van der Waals surface area contributed by atoms with E-state index < -0.39 is 0 Å². The van der Waals surface area contributed by atoms with Crippen LogP contribution in [0.5, 0.6) is 0 Å². The van der Waals surface area contributed by atoms with Crippen LogP contribution in [0.3, 0.4) is 0 Å². The fourth-order valence-corrected chi connectivity index (χ4v) is 2.29. The van der Waals surface area contributed by atoms with E-state index in [1.807, 2.05) is 0 Å². The van der Waals surface area contributed by atoms with Crippen molar-refractivity contribution in [2.75, 3.05) is 5.73 Å². The molecule has 6 heteroatoms. The molecule has 2 aromatic rings. The molecule has 0 saturated heterocycles. The van der Waals surface area contributed by atoms with Crippen LogP contribution in [0.1, 0.15) is 26.6 Å². The molecule has 1 aromatic heterocycles. The van der Waals surface area contributed by atoms with Crippen LogP contribution in [0, 0.1) is 0 Å². The van der Waals surface area contributed by atoms with E-state index in [-0.39, 0.29) is 4.75 Å². The third-order valence-corrected chi connectivity index (χ3v) is 3.85. The maximum absolute atomic E-state index is 5.89. The highest BCUT2D eigenvalue weighted by Gasteiger charge is 2.15. The van der Waals surface area contributed by atoms with Gasteiger partial charge in [0, 0.05) is 15.5 Å². The molecule has 0 aliphatic rings. The molecule has 2 rings (SSSR count). The normalized spacial score (nSPS) is 11.8. The van der Waals surface area contributed by atoms with Crippen molar-refractivity contribution in [1.82, 2.24) is 10.1 Å². The molecule has 19 heavy (non-hydrogen) atoms. The fraction of sp³-hybridized carbons (Fsp3) is 0.385. The van der Waals surface area contributed by atoms with Gasteiger partial charge in [-0.15, -0.1) is 11.8 Å². The van der Waals surface area contributed by atoms with Crippen molar-refractivity contribution in [3.63, 3.8) is 0 Å². The van der Waals surface area contributed by atoms with E-state index in [2.05, 4.69) is 30.9 Å². The zero-order valence-corrected chi connectivity index (χ0v) is 12.7. The van der Waals surface area contributed by atoms with E-state index in [4.69, 9.17) is 21.9 Å². The number of anilines is 1. The van der Waals surface area contributed by atoms with E-state index in [1.165, 1.54) is 0 Å². The van der Waals surface area contributed by atoms with Crippen LogP contribution in [-0.2, 0) is 5.75 Å². The van der Waals surface area contributed by atoms with Gasteiger partial charge in [-0.25, -0.2) is 0 Å². The largest absolute Gasteiger partial charge is 0.398 e. The molecular formula is C13H16ClN3OS. The van der Waals surface area contributed by atoms with Crippen molar-refractivity contribution in [2.45, 2.75) is 31.3 Å². The van der Waals surface area contributed by atoms with E-state index >= 15 is 0 Å². The van der Waals surface area contributed by atoms with Crippen LogP contribution >= 0.6 is 23.4 Å². The number of rotatable bonds is 3. The van der Waals surface area contributed by atoms with E-state index in [0.29, 0.717) is 33.7 Å². The number of nitrogens with zero attached hydrogens (tertiary/aromatic N) is 2. The summed E-state index contributed by atoms with van der Waals surface area (Å²) in [5.74, 6) is 1.81. The second-order valence-corrected chi connectivity index (χ2v) is 7.39. The lowest BCUT2D eigenvalue weighted by Gasteiger charge is -2.15. The average Bonchev–Trinajstić information content (AvgIpc) is 2.74. The second kappa shape index (κ2) is 5.43. The number of halogens is 1. The van der Waals surface area contributed by atoms with Gasteiger partial charge < -0.3 is 10.3 Å². The van der Waals surface area contributed by atoms with Gasteiger partial charge in [0.05, 0.1) is 11.3 Å². The van der Waals surface area contributed by atoms with Crippen LogP contribution in [0.15, 0.2) is 22.7 Å². The molecule has 1 aromatic carbocycles. The van der Waals surface area contributed by atoms with Crippen LogP contribution < -0.4 is 5.73 Å². The lowest BCUT2D eigenvalue weighted by molar-refractivity contribution is 0.425. The molecule has 0 bridgehead atoms. The van der Waals surface area contributed by atoms with Gasteiger partial charge in [-0.1, -0.05) is 37.5 Å². The number of nitrogen functional groups attached to an aromatic ring is 1. The number of thioether (sulfide) groups is 1. The predicted octanol–water partition coefficient (Wildman–Crippen LogP) is 4.00. The third kappa shape index (κ3) is 3.88. The summed E-state index contributed by atoms with van der Waals surface area (Å²) >= 11 is 7.62. The maximum Gasteiger partial charge on any atom is 0.260 e. The van der Waals surface area contributed by atoms with Crippen molar-refractivity contribution in [3.05, 3.63) is 29.0 Å². The molecule has 0 spiro atoms. The molecule has 0 aliphatic heterocycles. The summed E-state index contributed by atoms with van der Waals surface area (Å²) in [5.41, 5.74) is 7.13. The van der Waals surface area contributed by atoms with Crippen molar-refractivity contribution < 1.29 is 4.52 Å². The molecule has 102 valence electrons. The predicted molar refractivity (Wildman–Crippen MR) is 80.2 cm³/mol. The number of benzene rings is 1. The SMILES string of the molecule is CC(C)(C)SCc1noc(-c2ccc(Cl)cc2N)n1. The number of hydrogen-bond donors (Lipinski definition) is 1. The standard InChI is InChI=1S/C13H16ClN3OS/c1-13(2,3)19-7-11-16-12(18-17-11)9-5-4-8(14)6-10(9)15/h4-6H,7,15H2,1-3H3. The molecule has 2 N–H and O–H groups in total.